The fraction of sp³-hybridized carbons (Fsp3) is 0.308. The molecule has 2 aromatic rings. The van der Waals surface area contributed by atoms with E-state index in [1.807, 2.05) is 12.1 Å². The van der Waals surface area contributed by atoms with Crippen LogP contribution in [0, 0.1) is 0 Å². The van der Waals surface area contributed by atoms with Crippen LogP contribution in [-0.4, -0.2) is 18.6 Å². The fourth-order valence-corrected chi connectivity index (χ4v) is 2.29. The Morgan fingerprint density at radius 1 is 1.50 bits per heavy atom. The maximum atomic E-state index is 5.55. The molecule has 0 fully saturated rings. The number of nitrogens with one attached hydrogen (secondary N) is 1. The number of ether oxygens (including phenoxy) is 1. The van der Waals surface area contributed by atoms with Crippen molar-refractivity contribution in [3.63, 3.8) is 0 Å². The summed E-state index contributed by atoms with van der Waals surface area (Å²) >= 11 is 3.49. The van der Waals surface area contributed by atoms with Crippen LogP contribution in [0.2, 0.25) is 0 Å². The summed E-state index contributed by atoms with van der Waals surface area (Å²) in [6.07, 6.45) is 5.12. The van der Waals surface area contributed by atoms with Gasteiger partial charge >= 0.3 is 0 Å². The number of hydrogen-bond acceptors (Lipinski definition) is 4. The average molecular weight is 311 g/mol. The van der Waals surface area contributed by atoms with Crippen molar-refractivity contribution in [2.24, 2.45) is 0 Å². The molecule has 1 atom stereocenters. The van der Waals surface area contributed by atoms with E-state index >= 15 is 0 Å². The molecule has 0 bridgehead atoms. The van der Waals surface area contributed by atoms with Crippen molar-refractivity contribution in [2.75, 3.05) is 13.7 Å². The Morgan fingerprint density at radius 3 is 2.94 bits per heavy atom. The number of methoxy groups -OCH3 is 1. The van der Waals surface area contributed by atoms with Gasteiger partial charge in [0, 0.05) is 11.8 Å². The Bertz CT molecular complexity index is 513. The van der Waals surface area contributed by atoms with Crippen molar-refractivity contribution in [1.29, 1.82) is 0 Å². The summed E-state index contributed by atoms with van der Waals surface area (Å²) < 4.78 is 11.8. The van der Waals surface area contributed by atoms with E-state index in [1.165, 1.54) is 0 Å². The van der Waals surface area contributed by atoms with E-state index < -0.39 is 0 Å². The number of nitrogens with zero attached hydrogens (tertiary/aromatic N) is 1. The minimum atomic E-state index is -0.0580. The van der Waals surface area contributed by atoms with Gasteiger partial charge in [-0.25, -0.2) is 0 Å². The van der Waals surface area contributed by atoms with E-state index in [9.17, 15) is 0 Å². The Hall–Kier alpha value is -1.33. The normalized spacial score (nSPS) is 12.4. The smallest absolute Gasteiger partial charge is 0.142 e. The average Bonchev–Trinajstić information content (AvgIpc) is 2.82. The van der Waals surface area contributed by atoms with Crippen molar-refractivity contribution >= 4 is 15.9 Å². The van der Waals surface area contributed by atoms with Crippen LogP contribution in [0.3, 0.4) is 0 Å². The SMILES string of the molecule is CCNC(c1ccncc1OC)c1occc1Br. The molecule has 2 rings (SSSR count). The minimum absolute atomic E-state index is 0.0580. The molecule has 0 aliphatic rings. The molecule has 0 saturated carbocycles. The molecule has 96 valence electrons. The Morgan fingerprint density at radius 2 is 2.33 bits per heavy atom. The van der Waals surface area contributed by atoms with Gasteiger partial charge in [0.1, 0.15) is 11.5 Å². The van der Waals surface area contributed by atoms with Gasteiger partial charge in [0.25, 0.3) is 0 Å². The van der Waals surface area contributed by atoms with E-state index in [2.05, 4.69) is 33.2 Å². The van der Waals surface area contributed by atoms with Crippen LogP contribution in [0.5, 0.6) is 5.75 Å². The van der Waals surface area contributed by atoms with Crippen molar-refractivity contribution in [2.45, 2.75) is 13.0 Å². The summed E-state index contributed by atoms with van der Waals surface area (Å²) in [5.74, 6) is 1.58. The van der Waals surface area contributed by atoms with Gasteiger partial charge in [0.2, 0.25) is 0 Å². The monoisotopic (exact) mass is 310 g/mol. The number of rotatable bonds is 5. The highest BCUT2D eigenvalue weighted by atomic mass is 79.9. The van der Waals surface area contributed by atoms with E-state index in [1.54, 1.807) is 25.8 Å². The van der Waals surface area contributed by atoms with E-state index in [0.29, 0.717) is 0 Å². The number of pyridine rings is 1. The second kappa shape index (κ2) is 6.02. The Balaban J connectivity index is 2.45. The van der Waals surface area contributed by atoms with Crippen molar-refractivity contribution < 1.29 is 9.15 Å². The molecule has 0 aliphatic heterocycles. The first-order valence-corrected chi connectivity index (χ1v) is 6.51. The third-order valence-electron chi connectivity index (χ3n) is 2.66. The zero-order valence-corrected chi connectivity index (χ0v) is 11.9. The molecular weight excluding hydrogens is 296 g/mol. The van der Waals surface area contributed by atoms with E-state index in [0.717, 1.165) is 28.1 Å². The third-order valence-corrected chi connectivity index (χ3v) is 3.32. The predicted molar refractivity (Wildman–Crippen MR) is 72.7 cm³/mol. The van der Waals surface area contributed by atoms with E-state index in [-0.39, 0.29) is 6.04 Å². The number of hydrogen-bond donors (Lipinski definition) is 1. The first kappa shape index (κ1) is 13.1. The lowest BCUT2D eigenvalue weighted by Gasteiger charge is -2.18. The summed E-state index contributed by atoms with van der Waals surface area (Å²) in [6.45, 7) is 2.88. The molecule has 0 aliphatic carbocycles. The molecule has 18 heavy (non-hydrogen) atoms. The molecular formula is C13H15BrN2O2. The molecule has 0 spiro atoms. The lowest BCUT2D eigenvalue weighted by molar-refractivity contribution is 0.391. The predicted octanol–water partition coefficient (Wildman–Crippen LogP) is 3.14. The molecule has 0 aromatic carbocycles. The lowest BCUT2D eigenvalue weighted by Crippen LogP contribution is -2.22. The van der Waals surface area contributed by atoms with Gasteiger partial charge in [-0.1, -0.05) is 6.92 Å². The fourth-order valence-electron chi connectivity index (χ4n) is 1.86. The van der Waals surface area contributed by atoms with Gasteiger partial charge in [-0.3, -0.25) is 4.98 Å². The highest BCUT2D eigenvalue weighted by molar-refractivity contribution is 9.10. The number of halogens is 1. The zero-order valence-electron chi connectivity index (χ0n) is 10.3. The maximum Gasteiger partial charge on any atom is 0.142 e. The van der Waals surface area contributed by atoms with Crippen LogP contribution in [0.25, 0.3) is 0 Å². The van der Waals surface area contributed by atoms with Crippen LogP contribution in [0.1, 0.15) is 24.3 Å². The topological polar surface area (TPSA) is 47.3 Å². The Labute approximate surface area is 114 Å². The van der Waals surface area contributed by atoms with Crippen LogP contribution < -0.4 is 10.1 Å². The van der Waals surface area contributed by atoms with E-state index in [4.69, 9.17) is 9.15 Å². The summed E-state index contributed by atoms with van der Waals surface area (Å²) in [5.41, 5.74) is 1.00. The maximum absolute atomic E-state index is 5.55. The van der Waals surface area contributed by atoms with Crippen LogP contribution in [0.15, 0.2) is 39.7 Å². The van der Waals surface area contributed by atoms with Gasteiger partial charge in [-0.05, 0) is 34.6 Å². The molecule has 0 saturated heterocycles. The molecule has 0 radical (unpaired) electrons. The molecule has 1 N–H and O–H groups in total. The van der Waals surface area contributed by atoms with Gasteiger partial charge in [0.05, 0.1) is 30.1 Å². The molecule has 2 heterocycles. The first-order chi connectivity index (χ1) is 8.77. The summed E-state index contributed by atoms with van der Waals surface area (Å²) in [6, 6.07) is 3.76. The second-order valence-electron chi connectivity index (χ2n) is 3.74. The van der Waals surface area contributed by atoms with Crippen molar-refractivity contribution in [3.8, 4) is 5.75 Å². The molecule has 1 unspecified atom stereocenters. The van der Waals surface area contributed by atoms with Gasteiger partial charge in [-0.15, -0.1) is 0 Å². The molecule has 4 nitrogen and oxygen atoms in total. The third kappa shape index (κ3) is 2.57. The largest absolute Gasteiger partial charge is 0.495 e. The van der Waals surface area contributed by atoms with Crippen molar-refractivity contribution in [1.82, 2.24) is 10.3 Å². The van der Waals surface area contributed by atoms with Gasteiger partial charge in [0.15, 0.2) is 0 Å². The van der Waals surface area contributed by atoms with Crippen molar-refractivity contribution in [3.05, 3.63) is 46.6 Å². The highest BCUT2D eigenvalue weighted by Gasteiger charge is 2.22. The Kier molecular flexibility index (Phi) is 4.38. The summed E-state index contributed by atoms with van der Waals surface area (Å²) in [4.78, 5) is 4.07. The first-order valence-electron chi connectivity index (χ1n) is 5.72. The lowest BCUT2D eigenvalue weighted by atomic mass is 10.1. The molecule has 0 amide bonds. The van der Waals surface area contributed by atoms with Gasteiger partial charge in [-0.2, -0.15) is 0 Å². The summed E-state index contributed by atoms with van der Waals surface area (Å²) in [5, 5.41) is 3.39. The van der Waals surface area contributed by atoms with Crippen LogP contribution >= 0.6 is 15.9 Å². The molecule has 2 aromatic heterocycles. The van der Waals surface area contributed by atoms with Crippen LogP contribution in [0.4, 0.5) is 0 Å². The zero-order chi connectivity index (χ0) is 13.0. The summed E-state index contributed by atoms with van der Waals surface area (Å²) in [7, 11) is 1.64. The molecule has 5 heteroatoms. The van der Waals surface area contributed by atoms with Crippen LogP contribution in [-0.2, 0) is 0 Å². The quantitative estimate of drug-likeness (QED) is 0.921. The number of aromatic nitrogens is 1. The minimum Gasteiger partial charge on any atom is -0.495 e. The second-order valence-corrected chi connectivity index (χ2v) is 4.60. The highest BCUT2D eigenvalue weighted by Crippen LogP contribution is 2.33. The van der Waals surface area contributed by atoms with Gasteiger partial charge < -0.3 is 14.5 Å². The number of furan rings is 1. The standard InChI is InChI=1S/C13H15BrN2O2/c1-3-16-12(13-10(14)5-7-18-13)9-4-6-15-8-11(9)17-2/h4-8,12,16H,3H2,1-2H3.